The van der Waals surface area contributed by atoms with Crippen LogP contribution in [-0.2, 0) is 13.3 Å². The lowest BCUT2D eigenvalue weighted by molar-refractivity contribution is 0.0746. The maximum absolute atomic E-state index is 5.12. The molecular weight excluding hydrogens is 150 g/mol. The van der Waals surface area contributed by atoms with Gasteiger partial charge in [0.1, 0.15) is 0 Å². The molecule has 0 aliphatic heterocycles. The van der Waals surface area contributed by atoms with E-state index in [4.69, 9.17) is 13.3 Å². The van der Waals surface area contributed by atoms with Crippen LogP contribution in [0.4, 0.5) is 0 Å². The van der Waals surface area contributed by atoms with Gasteiger partial charge in [0.25, 0.3) is 0 Å². The summed E-state index contributed by atoms with van der Waals surface area (Å²) in [6.07, 6.45) is 0. The van der Waals surface area contributed by atoms with Crippen LogP contribution in [-0.4, -0.2) is 49.0 Å². The molecule has 62 valence electrons. The number of hydrogen-bond donors (Lipinski definition) is 0. The highest BCUT2D eigenvalue weighted by Gasteiger charge is 2.42. The molecule has 0 unspecified atom stereocenters. The molecule has 10 heavy (non-hydrogen) atoms. The Balaban J connectivity index is 4.15. The molecule has 0 heterocycles. The second-order valence-electron chi connectivity index (χ2n) is 2.03. The first-order valence-corrected chi connectivity index (χ1v) is 4.63. The summed E-state index contributed by atoms with van der Waals surface area (Å²) in [5.41, 5.74) is 0. The van der Waals surface area contributed by atoms with Crippen LogP contribution in [0.5, 0.6) is 0 Å². The first-order chi connectivity index (χ1) is 4.63. The van der Waals surface area contributed by atoms with E-state index in [1.54, 1.807) is 21.3 Å². The van der Waals surface area contributed by atoms with Gasteiger partial charge in [-0.15, -0.1) is 0 Å². The van der Waals surface area contributed by atoms with Crippen molar-refractivity contribution in [2.45, 2.75) is 0 Å². The van der Waals surface area contributed by atoms with Gasteiger partial charge in [-0.1, -0.05) is 0 Å². The lowest BCUT2D eigenvalue weighted by atomic mass is 11.3. The fraction of sp³-hybridized carbons (Fsp3) is 1.00. The minimum Gasteiger partial charge on any atom is -0.364 e. The predicted molar refractivity (Wildman–Crippen MR) is 40.5 cm³/mol. The zero-order valence-corrected chi connectivity index (χ0v) is 8.17. The highest BCUT2D eigenvalue weighted by Crippen LogP contribution is 2.07. The van der Waals surface area contributed by atoms with E-state index in [1.807, 2.05) is 18.7 Å². The topological polar surface area (TPSA) is 30.9 Å². The first kappa shape index (κ1) is 10.1. The summed E-state index contributed by atoms with van der Waals surface area (Å²) >= 11 is 0. The lowest BCUT2D eigenvalue weighted by Gasteiger charge is -2.29. The third-order valence-electron chi connectivity index (χ3n) is 1.32. The highest BCUT2D eigenvalue weighted by atomic mass is 28.4. The first-order valence-electron chi connectivity index (χ1n) is 2.96. The summed E-state index contributed by atoms with van der Waals surface area (Å²) < 4.78 is 17.2. The van der Waals surface area contributed by atoms with Crippen LogP contribution in [0, 0.1) is 0 Å². The molecule has 5 heteroatoms. The SMILES string of the molecule is CO[Si](OC)(OC)N(C)C. The zero-order chi connectivity index (χ0) is 8.20. The van der Waals surface area contributed by atoms with Crippen LogP contribution in [0.15, 0.2) is 0 Å². The fourth-order valence-electron chi connectivity index (χ4n) is 0.798. The summed E-state index contributed by atoms with van der Waals surface area (Å²) in [7, 11) is 6.01. The highest BCUT2D eigenvalue weighted by molar-refractivity contribution is 6.57. The third kappa shape index (κ3) is 1.77. The molecule has 0 N–H and O–H groups in total. The smallest absolute Gasteiger partial charge is 0.364 e. The molecule has 0 aliphatic carbocycles. The van der Waals surface area contributed by atoms with Gasteiger partial charge < -0.3 is 13.3 Å². The predicted octanol–water partition coefficient (Wildman–Crippen LogP) is -0.0772. The quantitative estimate of drug-likeness (QED) is 0.545. The van der Waals surface area contributed by atoms with Gasteiger partial charge in [0.15, 0.2) is 0 Å². The summed E-state index contributed by atoms with van der Waals surface area (Å²) in [6.45, 7) is 0. The van der Waals surface area contributed by atoms with Crippen molar-refractivity contribution in [3.63, 3.8) is 0 Å². The molecule has 0 fully saturated rings. The lowest BCUT2D eigenvalue weighted by Crippen LogP contribution is -2.55. The molecule has 0 aromatic rings. The van der Waals surface area contributed by atoms with Gasteiger partial charge in [-0.3, -0.25) is 4.57 Å². The van der Waals surface area contributed by atoms with Crippen LogP contribution in [0.25, 0.3) is 0 Å². The minimum absolute atomic E-state index is 1.58. The number of nitrogens with zero attached hydrogens (tertiary/aromatic N) is 1. The van der Waals surface area contributed by atoms with Gasteiger partial charge in [0.2, 0.25) is 0 Å². The Labute approximate surface area is 63.1 Å². The molecule has 0 spiro atoms. The summed E-state index contributed by atoms with van der Waals surface area (Å²) in [5.74, 6) is 0. The average molecular weight is 165 g/mol. The second-order valence-corrected chi connectivity index (χ2v) is 5.20. The molecule has 0 bridgehead atoms. The largest absolute Gasteiger partial charge is 0.598 e. The van der Waals surface area contributed by atoms with E-state index in [0.29, 0.717) is 0 Å². The van der Waals surface area contributed by atoms with Gasteiger partial charge in [-0.2, -0.15) is 0 Å². The monoisotopic (exact) mass is 165 g/mol. The third-order valence-corrected chi connectivity index (χ3v) is 3.96. The molecule has 0 saturated heterocycles. The Kier molecular flexibility index (Phi) is 4.07. The summed E-state index contributed by atoms with van der Waals surface area (Å²) in [5, 5.41) is 0. The van der Waals surface area contributed by atoms with Crippen LogP contribution in [0.1, 0.15) is 0 Å². The molecule has 0 aromatic heterocycles. The van der Waals surface area contributed by atoms with Crippen molar-refractivity contribution in [3.8, 4) is 0 Å². The zero-order valence-electron chi connectivity index (χ0n) is 7.17. The van der Waals surface area contributed by atoms with E-state index in [1.165, 1.54) is 0 Å². The Bertz CT molecular complexity index is 86.6. The molecular formula is C5H15NO3Si. The van der Waals surface area contributed by atoms with Crippen LogP contribution < -0.4 is 0 Å². The van der Waals surface area contributed by atoms with E-state index < -0.39 is 8.97 Å². The number of rotatable bonds is 4. The van der Waals surface area contributed by atoms with Crippen molar-refractivity contribution < 1.29 is 13.3 Å². The maximum Gasteiger partial charge on any atom is 0.598 e. The summed E-state index contributed by atoms with van der Waals surface area (Å²) in [6, 6.07) is 0. The minimum atomic E-state index is -2.46. The maximum atomic E-state index is 5.12. The fourth-order valence-corrected chi connectivity index (χ4v) is 2.39. The Morgan fingerprint density at radius 3 is 1.20 bits per heavy atom. The van der Waals surface area contributed by atoms with Crippen LogP contribution in [0.3, 0.4) is 0 Å². The van der Waals surface area contributed by atoms with Gasteiger partial charge in [0, 0.05) is 21.3 Å². The normalized spacial score (nSPS) is 12.6. The Morgan fingerprint density at radius 2 is 1.20 bits per heavy atom. The van der Waals surface area contributed by atoms with Gasteiger partial charge >= 0.3 is 8.97 Å². The number of hydrogen-bond acceptors (Lipinski definition) is 4. The van der Waals surface area contributed by atoms with Gasteiger partial charge in [-0.25, -0.2) is 0 Å². The van der Waals surface area contributed by atoms with Crippen molar-refractivity contribution >= 4 is 8.97 Å². The molecule has 0 aliphatic rings. The van der Waals surface area contributed by atoms with Crippen molar-refractivity contribution in [3.05, 3.63) is 0 Å². The second kappa shape index (κ2) is 4.04. The van der Waals surface area contributed by atoms with Crippen molar-refractivity contribution in [1.82, 2.24) is 4.57 Å². The summed E-state index contributed by atoms with van der Waals surface area (Å²) in [4.78, 5) is 0. The van der Waals surface area contributed by atoms with Gasteiger partial charge in [-0.05, 0) is 14.1 Å². The van der Waals surface area contributed by atoms with Gasteiger partial charge in [0.05, 0.1) is 0 Å². The van der Waals surface area contributed by atoms with Crippen molar-refractivity contribution in [2.75, 3.05) is 35.4 Å². The molecule has 0 radical (unpaired) electrons. The van der Waals surface area contributed by atoms with E-state index in [2.05, 4.69) is 0 Å². The van der Waals surface area contributed by atoms with Crippen molar-refractivity contribution in [2.24, 2.45) is 0 Å². The van der Waals surface area contributed by atoms with E-state index in [-0.39, 0.29) is 0 Å². The Morgan fingerprint density at radius 1 is 0.900 bits per heavy atom. The van der Waals surface area contributed by atoms with Crippen molar-refractivity contribution in [1.29, 1.82) is 0 Å². The molecule has 0 amide bonds. The molecule has 0 atom stereocenters. The molecule has 4 nitrogen and oxygen atoms in total. The molecule has 0 aromatic carbocycles. The van der Waals surface area contributed by atoms with E-state index in [0.717, 1.165) is 0 Å². The Hall–Kier alpha value is 0.0569. The average Bonchev–Trinajstić information content (AvgIpc) is 1.92. The van der Waals surface area contributed by atoms with Crippen LogP contribution in [0.2, 0.25) is 0 Å². The van der Waals surface area contributed by atoms with Crippen LogP contribution >= 0.6 is 0 Å². The van der Waals surface area contributed by atoms with E-state index in [9.17, 15) is 0 Å². The standard InChI is InChI=1S/C5H15NO3Si/c1-6(2)10(7-3,8-4)9-5/h1-5H3. The molecule has 0 rings (SSSR count). The van der Waals surface area contributed by atoms with E-state index >= 15 is 0 Å². The molecule has 0 saturated carbocycles.